The third-order valence-electron chi connectivity index (χ3n) is 3.67. The van der Waals surface area contributed by atoms with Crippen LogP contribution < -0.4 is 4.90 Å². The quantitative estimate of drug-likeness (QED) is 0.486. The Morgan fingerprint density at radius 1 is 1.00 bits per heavy atom. The number of nitro benzene ring substituents is 1. The first-order chi connectivity index (χ1) is 11.3. The third-order valence-corrected chi connectivity index (χ3v) is 3.67. The Kier molecular flexibility index (Phi) is 4.55. The van der Waals surface area contributed by atoms with Gasteiger partial charge in [-0.1, -0.05) is 36.1 Å². The van der Waals surface area contributed by atoms with E-state index in [1.807, 2.05) is 36.4 Å². The van der Waals surface area contributed by atoms with E-state index in [0.29, 0.717) is 31.9 Å². The van der Waals surface area contributed by atoms with Crippen LogP contribution in [-0.4, -0.2) is 31.2 Å². The average molecular weight is 308 g/mol. The van der Waals surface area contributed by atoms with Crippen LogP contribution in [0.5, 0.6) is 0 Å². The second-order valence-corrected chi connectivity index (χ2v) is 5.14. The summed E-state index contributed by atoms with van der Waals surface area (Å²) in [4.78, 5) is 13.1. The molecule has 3 rings (SSSR count). The molecule has 1 saturated heterocycles. The zero-order chi connectivity index (χ0) is 16.1. The Hall–Kier alpha value is -2.84. The molecule has 0 unspecified atom stereocenters. The molecule has 116 valence electrons. The fourth-order valence-corrected chi connectivity index (χ4v) is 2.53. The summed E-state index contributed by atoms with van der Waals surface area (Å²) < 4.78 is 5.36. The Morgan fingerprint density at radius 3 is 2.43 bits per heavy atom. The maximum atomic E-state index is 11.4. The van der Waals surface area contributed by atoms with Crippen LogP contribution in [0.2, 0.25) is 0 Å². The van der Waals surface area contributed by atoms with Crippen molar-refractivity contribution >= 4 is 11.4 Å². The molecule has 0 atom stereocenters. The van der Waals surface area contributed by atoms with Crippen molar-refractivity contribution in [1.82, 2.24) is 0 Å². The molecule has 0 bridgehead atoms. The van der Waals surface area contributed by atoms with Crippen molar-refractivity contribution in [1.29, 1.82) is 0 Å². The number of morpholine rings is 1. The predicted molar refractivity (Wildman–Crippen MR) is 88.6 cm³/mol. The minimum atomic E-state index is -0.376. The van der Waals surface area contributed by atoms with Crippen molar-refractivity contribution < 1.29 is 9.66 Å². The molecule has 0 N–H and O–H groups in total. The standard InChI is InChI=1S/C18H16N2O3/c21-20(22)18-8-4-7-17(19-11-13-23-14-12-19)16(18)10-9-15-5-2-1-3-6-15/h1-8H,11-14H2. The van der Waals surface area contributed by atoms with Gasteiger partial charge in [0.15, 0.2) is 0 Å². The molecule has 1 aliphatic heterocycles. The molecule has 2 aromatic rings. The lowest BCUT2D eigenvalue weighted by atomic mass is 10.1. The number of nitrogens with zero attached hydrogens (tertiary/aromatic N) is 2. The largest absolute Gasteiger partial charge is 0.378 e. The van der Waals surface area contributed by atoms with Gasteiger partial charge in [-0.2, -0.15) is 0 Å². The molecule has 0 radical (unpaired) electrons. The molecule has 0 saturated carbocycles. The molecule has 5 nitrogen and oxygen atoms in total. The number of anilines is 1. The van der Waals surface area contributed by atoms with Gasteiger partial charge in [0, 0.05) is 24.7 Å². The first kappa shape index (κ1) is 15.1. The van der Waals surface area contributed by atoms with Gasteiger partial charge in [0.25, 0.3) is 5.69 Å². The Morgan fingerprint density at radius 2 is 1.74 bits per heavy atom. The first-order valence-electron chi connectivity index (χ1n) is 7.43. The van der Waals surface area contributed by atoms with Gasteiger partial charge in [-0.05, 0) is 18.2 Å². The smallest absolute Gasteiger partial charge is 0.287 e. The van der Waals surface area contributed by atoms with Gasteiger partial charge in [-0.25, -0.2) is 0 Å². The number of hydrogen-bond donors (Lipinski definition) is 0. The third kappa shape index (κ3) is 3.50. The van der Waals surface area contributed by atoms with E-state index >= 15 is 0 Å². The summed E-state index contributed by atoms with van der Waals surface area (Å²) in [7, 11) is 0. The van der Waals surface area contributed by atoms with Gasteiger partial charge >= 0.3 is 0 Å². The molecule has 0 aliphatic carbocycles. The molecule has 1 fully saturated rings. The number of ether oxygens (including phenoxy) is 1. The van der Waals surface area contributed by atoms with Gasteiger partial charge in [-0.15, -0.1) is 0 Å². The highest BCUT2D eigenvalue weighted by atomic mass is 16.6. The van der Waals surface area contributed by atoms with E-state index in [9.17, 15) is 10.1 Å². The average Bonchev–Trinajstić information content (AvgIpc) is 2.61. The van der Waals surface area contributed by atoms with Gasteiger partial charge in [0.1, 0.15) is 5.56 Å². The monoisotopic (exact) mass is 308 g/mol. The molecule has 5 heteroatoms. The molecular weight excluding hydrogens is 292 g/mol. The van der Waals surface area contributed by atoms with Crippen molar-refractivity contribution in [3.05, 3.63) is 69.8 Å². The van der Waals surface area contributed by atoms with Gasteiger partial charge in [0.05, 0.1) is 23.8 Å². The van der Waals surface area contributed by atoms with Crippen molar-refractivity contribution in [3.63, 3.8) is 0 Å². The molecular formula is C18H16N2O3. The Bertz CT molecular complexity index is 757. The van der Waals surface area contributed by atoms with Crippen LogP contribution in [0.15, 0.2) is 48.5 Å². The minimum absolute atomic E-state index is 0.0393. The highest BCUT2D eigenvalue weighted by Crippen LogP contribution is 2.29. The summed E-state index contributed by atoms with van der Waals surface area (Å²) in [6.45, 7) is 2.66. The summed E-state index contributed by atoms with van der Waals surface area (Å²) >= 11 is 0. The van der Waals surface area contributed by atoms with Gasteiger partial charge in [0.2, 0.25) is 0 Å². The van der Waals surface area contributed by atoms with E-state index in [1.54, 1.807) is 6.07 Å². The lowest BCUT2D eigenvalue weighted by Crippen LogP contribution is -2.36. The van der Waals surface area contributed by atoms with Crippen molar-refractivity contribution in [2.24, 2.45) is 0 Å². The summed E-state index contributed by atoms with van der Waals surface area (Å²) in [6, 6.07) is 14.6. The molecule has 1 heterocycles. The first-order valence-corrected chi connectivity index (χ1v) is 7.43. The second kappa shape index (κ2) is 6.95. The van der Waals surface area contributed by atoms with E-state index in [4.69, 9.17) is 4.74 Å². The lowest BCUT2D eigenvalue weighted by Gasteiger charge is -2.29. The summed E-state index contributed by atoms with van der Waals surface area (Å²) in [6.07, 6.45) is 0. The van der Waals surface area contributed by atoms with Crippen molar-refractivity contribution in [2.45, 2.75) is 0 Å². The van der Waals surface area contributed by atoms with Crippen LogP contribution in [0.25, 0.3) is 0 Å². The minimum Gasteiger partial charge on any atom is -0.378 e. The van der Waals surface area contributed by atoms with E-state index < -0.39 is 0 Å². The number of nitro groups is 1. The van der Waals surface area contributed by atoms with E-state index in [1.165, 1.54) is 6.07 Å². The second-order valence-electron chi connectivity index (χ2n) is 5.14. The van der Waals surface area contributed by atoms with E-state index in [0.717, 1.165) is 11.3 Å². The topological polar surface area (TPSA) is 55.6 Å². The predicted octanol–water partition coefficient (Wildman–Crippen LogP) is 2.83. The number of rotatable bonds is 2. The Balaban J connectivity index is 2.05. The van der Waals surface area contributed by atoms with Crippen LogP contribution >= 0.6 is 0 Å². The normalized spacial score (nSPS) is 14.0. The fraction of sp³-hybridized carbons (Fsp3) is 0.222. The van der Waals surface area contributed by atoms with Crippen LogP contribution in [-0.2, 0) is 4.74 Å². The summed E-state index contributed by atoms with van der Waals surface area (Å²) in [5.74, 6) is 6.03. The summed E-state index contributed by atoms with van der Waals surface area (Å²) in [5, 5.41) is 11.4. The van der Waals surface area contributed by atoms with Crippen molar-refractivity contribution in [3.8, 4) is 11.8 Å². The molecule has 2 aromatic carbocycles. The lowest BCUT2D eigenvalue weighted by molar-refractivity contribution is -0.385. The zero-order valence-corrected chi connectivity index (χ0v) is 12.6. The fourth-order valence-electron chi connectivity index (χ4n) is 2.53. The van der Waals surface area contributed by atoms with E-state index in [2.05, 4.69) is 16.7 Å². The zero-order valence-electron chi connectivity index (χ0n) is 12.6. The van der Waals surface area contributed by atoms with Crippen LogP contribution in [0.3, 0.4) is 0 Å². The molecule has 0 aromatic heterocycles. The SMILES string of the molecule is O=[N+]([O-])c1cccc(N2CCOCC2)c1C#Cc1ccccc1. The highest BCUT2D eigenvalue weighted by molar-refractivity contribution is 5.70. The van der Waals surface area contributed by atoms with Crippen molar-refractivity contribution in [2.75, 3.05) is 31.2 Å². The molecule has 1 aliphatic rings. The van der Waals surface area contributed by atoms with Crippen LogP contribution in [0.4, 0.5) is 11.4 Å². The van der Waals surface area contributed by atoms with Gasteiger partial charge in [-0.3, -0.25) is 10.1 Å². The van der Waals surface area contributed by atoms with Gasteiger partial charge < -0.3 is 9.64 Å². The number of benzene rings is 2. The van der Waals surface area contributed by atoms with E-state index in [-0.39, 0.29) is 10.6 Å². The maximum Gasteiger partial charge on any atom is 0.287 e. The molecule has 0 spiro atoms. The van der Waals surface area contributed by atoms with Crippen LogP contribution in [0, 0.1) is 22.0 Å². The molecule has 23 heavy (non-hydrogen) atoms. The number of hydrogen-bond acceptors (Lipinski definition) is 4. The molecule has 0 amide bonds. The summed E-state index contributed by atoms with van der Waals surface area (Å²) in [5.41, 5.74) is 2.13. The maximum absolute atomic E-state index is 11.4. The highest BCUT2D eigenvalue weighted by Gasteiger charge is 2.21. The Labute approximate surface area is 134 Å². The van der Waals surface area contributed by atoms with Crippen LogP contribution in [0.1, 0.15) is 11.1 Å².